The van der Waals surface area contributed by atoms with Crippen LogP contribution in [-0.2, 0) is 16.0 Å². The highest BCUT2D eigenvalue weighted by Gasteiger charge is 2.28. The number of hydrogen-bond donors (Lipinski definition) is 3. The van der Waals surface area contributed by atoms with E-state index in [4.69, 9.17) is 10.2 Å². The van der Waals surface area contributed by atoms with Crippen molar-refractivity contribution in [3.05, 3.63) is 33.8 Å². The first kappa shape index (κ1) is 15.0. The SMILES string of the molecule is O=C(O)CC(CO)C(=O)N[C@@H]1CCc2ccc(Br)cc21. The quantitative estimate of drug-likeness (QED) is 0.759. The van der Waals surface area contributed by atoms with Crippen LogP contribution in [0.4, 0.5) is 0 Å². The molecule has 0 fully saturated rings. The smallest absolute Gasteiger partial charge is 0.304 e. The van der Waals surface area contributed by atoms with Crippen molar-refractivity contribution in [2.75, 3.05) is 6.61 Å². The van der Waals surface area contributed by atoms with Crippen LogP contribution in [0.15, 0.2) is 22.7 Å². The summed E-state index contributed by atoms with van der Waals surface area (Å²) in [5.74, 6) is -2.40. The Bertz CT molecular complexity index is 532. The number of carboxylic acid groups (broad SMARTS) is 1. The number of benzene rings is 1. The molecule has 108 valence electrons. The Morgan fingerprint density at radius 2 is 2.20 bits per heavy atom. The summed E-state index contributed by atoms with van der Waals surface area (Å²) in [7, 11) is 0. The molecule has 1 aliphatic carbocycles. The molecule has 1 aliphatic rings. The van der Waals surface area contributed by atoms with E-state index in [1.807, 2.05) is 18.2 Å². The molecule has 2 rings (SSSR count). The zero-order chi connectivity index (χ0) is 14.7. The zero-order valence-corrected chi connectivity index (χ0v) is 12.4. The molecule has 6 heteroatoms. The maximum Gasteiger partial charge on any atom is 0.304 e. The fraction of sp³-hybridized carbons (Fsp3) is 0.429. The molecule has 0 radical (unpaired) electrons. The highest BCUT2D eigenvalue weighted by molar-refractivity contribution is 9.10. The number of rotatable bonds is 5. The Kier molecular flexibility index (Phi) is 4.77. The van der Waals surface area contributed by atoms with Gasteiger partial charge in [0.2, 0.25) is 5.91 Å². The number of fused-ring (bicyclic) bond motifs is 1. The number of aryl methyl sites for hydroxylation is 1. The van der Waals surface area contributed by atoms with Gasteiger partial charge in [0.05, 0.1) is 25.0 Å². The molecule has 5 nitrogen and oxygen atoms in total. The summed E-state index contributed by atoms with van der Waals surface area (Å²) in [6.07, 6.45) is 1.32. The van der Waals surface area contributed by atoms with Crippen molar-refractivity contribution in [3.8, 4) is 0 Å². The van der Waals surface area contributed by atoms with E-state index >= 15 is 0 Å². The molecule has 0 saturated carbocycles. The molecular formula is C14H16BrNO4. The second-order valence-corrected chi connectivity index (χ2v) is 5.84. The Balaban J connectivity index is 2.06. The normalized spacial score (nSPS) is 18.4. The van der Waals surface area contributed by atoms with E-state index in [-0.39, 0.29) is 12.5 Å². The third-order valence-electron chi connectivity index (χ3n) is 3.51. The predicted molar refractivity (Wildman–Crippen MR) is 76.2 cm³/mol. The molecule has 3 N–H and O–H groups in total. The van der Waals surface area contributed by atoms with E-state index in [0.717, 1.165) is 22.9 Å². The van der Waals surface area contributed by atoms with Crippen molar-refractivity contribution in [2.24, 2.45) is 5.92 Å². The average Bonchev–Trinajstić information content (AvgIpc) is 2.78. The van der Waals surface area contributed by atoms with Crippen LogP contribution in [0, 0.1) is 5.92 Å². The summed E-state index contributed by atoms with van der Waals surface area (Å²) in [6.45, 7) is -0.462. The summed E-state index contributed by atoms with van der Waals surface area (Å²) < 4.78 is 0.946. The number of aliphatic hydroxyl groups is 1. The van der Waals surface area contributed by atoms with Gasteiger partial charge in [0.15, 0.2) is 0 Å². The van der Waals surface area contributed by atoms with E-state index in [1.165, 1.54) is 5.56 Å². The van der Waals surface area contributed by atoms with Crippen LogP contribution >= 0.6 is 15.9 Å². The lowest BCUT2D eigenvalue weighted by atomic mass is 10.0. The molecule has 1 amide bonds. The molecule has 1 aromatic rings. The Morgan fingerprint density at radius 3 is 2.85 bits per heavy atom. The van der Waals surface area contributed by atoms with Crippen molar-refractivity contribution in [1.29, 1.82) is 0 Å². The number of carbonyl (C=O) groups is 2. The molecule has 0 spiro atoms. The summed E-state index contributed by atoms with van der Waals surface area (Å²) in [4.78, 5) is 22.7. The van der Waals surface area contributed by atoms with Gasteiger partial charge in [0, 0.05) is 4.47 Å². The van der Waals surface area contributed by atoms with Crippen LogP contribution < -0.4 is 5.32 Å². The van der Waals surface area contributed by atoms with Gasteiger partial charge in [-0.15, -0.1) is 0 Å². The Morgan fingerprint density at radius 1 is 1.45 bits per heavy atom. The largest absolute Gasteiger partial charge is 0.481 e. The summed E-state index contributed by atoms with van der Waals surface area (Å²) in [5, 5.41) is 20.7. The molecule has 1 unspecified atom stereocenters. The van der Waals surface area contributed by atoms with Crippen LogP contribution in [0.25, 0.3) is 0 Å². The Hall–Kier alpha value is -1.40. The van der Waals surface area contributed by atoms with E-state index in [0.29, 0.717) is 0 Å². The molecule has 1 aromatic carbocycles. The summed E-state index contributed by atoms with van der Waals surface area (Å²) in [5.41, 5.74) is 2.25. The van der Waals surface area contributed by atoms with Gasteiger partial charge in [-0.2, -0.15) is 0 Å². The Labute approximate surface area is 125 Å². The van der Waals surface area contributed by atoms with Crippen molar-refractivity contribution < 1.29 is 19.8 Å². The van der Waals surface area contributed by atoms with Crippen LogP contribution in [0.5, 0.6) is 0 Å². The summed E-state index contributed by atoms with van der Waals surface area (Å²) >= 11 is 3.40. The standard InChI is InChI=1S/C14H16BrNO4/c15-10-3-1-8-2-4-12(11(8)6-10)16-14(20)9(7-17)5-13(18)19/h1,3,6,9,12,17H,2,4-5,7H2,(H,16,20)(H,18,19)/t9?,12-/m1/s1. The number of nitrogens with one attached hydrogen (secondary N) is 1. The van der Waals surface area contributed by atoms with Crippen molar-refractivity contribution in [3.63, 3.8) is 0 Å². The van der Waals surface area contributed by atoms with Gasteiger partial charge >= 0.3 is 5.97 Å². The fourth-order valence-corrected chi connectivity index (χ4v) is 2.84. The highest BCUT2D eigenvalue weighted by Crippen LogP contribution is 2.33. The lowest BCUT2D eigenvalue weighted by molar-refractivity contribution is -0.142. The van der Waals surface area contributed by atoms with Gasteiger partial charge in [-0.1, -0.05) is 22.0 Å². The number of aliphatic hydroxyl groups excluding tert-OH is 1. The van der Waals surface area contributed by atoms with Crippen LogP contribution in [0.1, 0.15) is 30.0 Å². The minimum absolute atomic E-state index is 0.113. The van der Waals surface area contributed by atoms with Gasteiger partial charge < -0.3 is 15.5 Å². The first-order chi connectivity index (χ1) is 9.51. The maximum atomic E-state index is 12.0. The van der Waals surface area contributed by atoms with Crippen molar-refractivity contribution >= 4 is 27.8 Å². The van der Waals surface area contributed by atoms with Crippen LogP contribution in [-0.4, -0.2) is 28.7 Å². The molecule has 0 bridgehead atoms. The van der Waals surface area contributed by atoms with Crippen LogP contribution in [0.3, 0.4) is 0 Å². The monoisotopic (exact) mass is 341 g/mol. The van der Waals surface area contributed by atoms with E-state index < -0.39 is 24.4 Å². The topological polar surface area (TPSA) is 86.6 Å². The predicted octanol–water partition coefficient (Wildman–Crippen LogP) is 1.64. The van der Waals surface area contributed by atoms with Gasteiger partial charge in [0.1, 0.15) is 0 Å². The minimum atomic E-state index is -1.09. The van der Waals surface area contributed by atoms with Gasteiger partial charge in [-0.05, 0) is 36.1 Å². The zero-order valence-electron chi connectivity index (χ0n) is 10.8. The highest BCUT2D eigenvalue weighted by atomic mass is 79.9. The van der Waals surface area contributed by atoms with E-state index in [2.05, 4.69) is 21.2 Å². The third-order valence-corrected chi connectivity index (χ3v) is 4.01. The van der Waals surface area contributed by atoms with E-state index in [9.17, 15) is 9.59 Å². The van der Waals surface area contributed by atoms with Gasteiger partial charge in [0.25, 0.3) is 0 Å². The lowest BCUT2D eigenvalue weighted by Crippen LogP contribution is -2.36. The number of hydrogen-bond acceptors (Lipinski definition) is 3. The first-order valence-electron chi connectivity index (χ1n) is 6.42. The number of carbonyl (C=O) groups excluding carboxylic acids is 1. The molecular weight excluding hydrogens is 326 g/mol. The third kappa shape index (κ3) is 3.37. The molecule has 0 heterocycles. The minimum Gasteiger partial charge on any atom is -0.481 e. The molecule has 0 aromatic heterocycles. The van der Waals surface area contributed by atoms with Crippen molar-refractivity contribution in [1.82, 2.24) is 5.32 Å². The second-order valence-electron chi connectivity index (χ2n) is 4.92. The van der Waals surface area contributed by atoms with E-state index in [1.54, 1.807) is 0 Å². The first-order valence-corrected chi connectivity index (χ1v) is 7.22. The maximum absolute atomic E-state index is 12.0. The van der Waals surface area contributed by atoms with Crippen LogP contribution in [0.2, 0.25) is 0 Å². The number of aliphatic carboxylic acids is 1. The second kappa shape index (κ2) is 6.37. The van der Waals surface area contributed by atoms with Gasteiger partial charge in [-0.25, -0.2) is 0 Å². The average molecular weight is 342 g/mol. The molecule has 0 saturated heterocycles. The number of halogens is 1. The molecule has 20 heavy (non-hydrogen) atoms. The molecule has 0 aliphatic heterocycles. The van der Waals surface area contributed by atoms with Gasteiger partial charge in [-0.3, -0.25) is 9.59 Å². The number of amides is 1. The number of carboxylic acids is 1. The fourth-order valence-electron chi connectivity index (χ4n) is 2.46. The molecule has 2 atom stereocenters. The van der Waals surface area contributed by atoms with Crippen molar-refractivity contribution in [2.45, 2.75) is 25.3 Å². The lowest BCUT2D eigenvalue weighted by Gasteiger charge is -2.18. The summed E-state index contributed by atoms with van der Waals surface area (Å²) in [6, 6.07) is 5.84.